The molecule has 3 N–H and O–H groups in total. The predicted molar refractivity (Wildman–Crippen MR) is 76.2 cm³/mol. The third kappa shape index (κ3) is 9.33. The molecule has 0 radical (unpaired) electrons. The van der Waals surface area contributed by atoms with E-state index in [-0.39, 0.29) is 12.1 Å². The summed E-state index contributed by atoms with van der Waals surface area (Å²) in [5.74, 6) is -0.979. The van der Waals surface area contributed by atoms with Crippen molar-refractivity contribution in [3.05, 3.63) is 0 Å². The van der Waals surface area contributed by atoms with Crippen LogP contribution in [-0.4, -0.2) is 29.2 Å². The lowest BCUT2D eigenvalue weighted by Gasteiger charge is -2.18. The van der Waals surface area contributed by atoms with Crippen molar-refractivity contribution in [2.75, 3.05) is 0 Å². The second-order valence-corrected chi connectivity index (χ2v) is 5.05. The topological polar surface area (TPSA) is 78.4 Å². The minimum absolute atomic E-state index is 0.0768. The zero-order valence-electron chi connectivity index (χ0n) is 12.4. The maximum absolute atomic E-state index is 11.6. The van der Waals surface area contributed by atoms with Crippen LogP contribution in [0.5, 0.6) is 0 Å². The van der Waals surface area contributed by atoms with Crippen molar-refractivity contribution in [1.29, 1.82) is 0 Å². The summed E-state index contributed by atoms with van der Waals surface area (Å²) in [6.07, 6.45) is 6.79. The lowest BCUT2D eigenvalue weighted by molar-refractivity contribution is -0.139. The number of hydrogen-bond acceptors (Lipinski definition) is 2. The van der Waals surface area contributed by atoms with Crippen molar-refractivity contribution in [1.82, 2.24) is 10.6 Å². The van der Waals surface area contributed by atoms with Crippen molar-refractivity contribution in [3.8, 4) is 0 Å². The quantitative estimate of drug-likeness (QED) is 0.535. The van der Waals surface area contributed by atoms with Crippen LogP contribution in [0.1, 0.15) is 65.7 Å². The Labute approximate surface area is 116 Å². The standard InChI is InChI=1S/C14H28N2O3/c1-4-6-7-8-10-11(3)15-14(19)16-12(9-5-2)13(17)18/h11-12H,4-10H2,1-3H3,(H,17,18)(H2,15,16,19). The van der Waals surface area contributed by atoms with Gasteiger partial charge in [-0.25, -0.2) is 9.59 Å². The van der Waals surface area contributed by atoms with E-state index in [1.165, 1.54) is 19.3 Å². The molecule has 5 heteroatoms. The van der Waals surface area contributed by atoms with E-state index < -0.39 is 12.0 Å². The summed E-state index contributed by atoms with van der Waals surface area (Å²) in [6.45, 7) is 6.00. The molecular weight excluding hydrogens is 244 g/mol. The van der Waals surface area contributed by atoms with E-state index in [2.05, 4.69) is 17.6 Å². The molecule has 0 aromatic heterocycles. The van der Waals surface area contributed by atoms with Gasteiger partial charge in [0.1, 0.15) is 6.04 Å². The largest absolute Gasteiger partial charge is 0.480 e. The van der Waals surface area contributed by atoms with E-state index in [1.54, 1.807) is 0 Å². The van der Waals surface area contributed by atoms with Crippen molar-refractivity contribution in [2.45, 2.75) is 77.8 Å². The molecule has 0 aromatic rings. The van der Waals surface area contributed by atoms with Crippen LogP contribution in [0, 0.1) is 0 Å². The first-order valence-electron chi connectivity index (χ1n) is 7.31. The highest BCUT2D eigenvalue weighted by molar-refractivity contribution is 5.82. The molecule has 19 heavy (non-hydrogen) atoms. The third-order valence-electron chi connectivity index (χ3n) is 3.05. The van der Waals surface area contributed by atoms with Gasteiger partial charge in [0.05, 0.1) is 0 Å². The smallest absolute Gasteiger partial charge is 0.326 e. The molecule has 2 amide bonds. The highest BCUT2D eigenvalue weighted by Gasteiger charge is 2.19. The summed E-state index contributed by atoms with van der Waals surface area (Å²) in [5.41, 5.74) is 0. The Balaban J connectivity index is 3.90. The van der Waals surface area contributed by atoms with E-state index in [4.69, 9.17) is 5.11 Å². The van der Waals surface area contributed by atoms with Gasteiger partial charge in [0.15, 0.2) is 0 Å². The molecule has 0 saturated carbocycles. The number of aliphatic carboxylic acids is 1. The Morgan fingerprint density at radius 2 is 1.68 bits per heavy atom. The zero-order valence-corrected chi connectivity index (χ0v) is 12.4. The average molecular weight is 272 g/mol. The number of hydrogen-bond donors (Lipinski definition) is 3. The Morgan fingerprint density at radius 3 is 2.21 bits per heavy atom. The van der Waals surface area contributed by atoms with Crippen LogP contribution in [0.2, 0.25) is 0 Å². The summed E-state index contributed by atoms with van der Waals surface area (Å²) in [5, 5.41) is 14.2. The monoisotopic (exact) mass is 272 g/mol. The number of rotatable bonds is 10. The van der Waals surface area contributed by atoms with Gasteiger partial charge in [0.2, 0.25) is 0 Å². The van der Waals surface area contributed by atoms with E-state index in [0.717, 1.165) is 19.3 Å². The second kappa shape index (κ2) is 10.6. The zero-order chi connectivity index (χ0) is 14.7. The normalized spacial score (nSPS) is 13.6. The number of carboxylic acids is 1. The van der Waals surface area contributed by atoms with E-state index >= 15 is 0 Å². The van der Waals surface area contributed by atoms with Crippen molar-refractivity contribution in [2.24, 2.45) is 0 Å². The first-order chi connectivity index (χ1) is 9.01. The van der Waals surface area contributed by atoms with Crippen molar-refractivity contribution in [3.63, 3.8) is 0 Å². The highest BCUT2D eigenvalue weighted by Crippen LogP contribution is 2.05. The first-order valence-corrected chi connectivity index (χ1v) is 7.31. The van der Waals surface area contributed by atoms with Gasteiger partial charge in [-0.3, -0.25) is 0 Å². The summed E-state index contributed by atoms with van der Waals surface area (Å²) in [4.78, 5) is 22.6. The van der Waals surface area contributed by atoms with Gasteiger partial charge < -0.3 is 15.7 Å². The van der Waals surface area contributed by atoms with Gasteiger partial charge in [0, 0.05) is 6.04 Å². The lowest BCUT2D eigenvalue weighted by Crippen LogP contribution is -2.48. The van der Waals surface area contributed by atoms with Gasteiger partial charge in [-0.15, -0.1) is 0 Å². The number of amides is 2. The fourth-order valence-electron chi connectivity index (χ4n) is 1.92. The molecule has 0 aromatic carbocycles. The minimum Gasteiger partial charge on any atom is -0.480 e. The summed E-state index contributed by atoms with van der Waals surface area (Å²) in [7, 11) is 0. The van der Waals surface area contributed by atoms with Crippen LogP contribution in [0.15, 0.2) is 0 Å². The Kier molecular flexibility index (Phi) is 9.94. The summed E-state index contributed by atoms with van der Waals surface area (Å²) >= 11 is 0. The van der Waals surface area contributed by atoms with Crippen LogP contribution in [0.3, 0.4) is 0 Å². The number of carbonyl (C=O) groups is 2. The van der Waals surface area contributed by atoms with Crippen molar-refractivity contribution < 1.29 is 14.7 Å². The molecular formula is C14H28N2O3. The Bertz CT molecular complexity index is 269. The number of carbonyl (C=O) groups excluding carboxylic acids is 1. The molecule has 0 saturated heterocycles. The van der Waals surface area contributed by atoms with Gasteiger partial charge in [-0.1, -0.05) is 46.0 Å². The van der Waals surface area contributed by atoms with Gasteiger partial charge in [-0.05, 0) is 19.8 Å². The molecule has 0 aliphatic heterocycles. The first kappa shape index (κ1) is 17.7. The SMILES string of the molecule is CCCCCCC(C)NC(=O)NC(CCC)C(=O)O. The molecule has 0 spiro atoms. The number of urea groups is 1. The van der Waals surface area contributed by atoms with Crippen LogP contribution < -0.4 is 10.6 Å². The molecule has 2 atom stereocenters. The Morgan fingerprint density at radius 1 is 1.00 bits per heavy atom. The summed E-state index contributed by atoms with van der Waals surface area (Å²) < 4.78 is 0. The fraction of sp³-hybridized carbons (Fsp3) is 0.857. The minimum atomic E-state index is -0.979. The maximum Gasteiger partial charge on any atom is 0.326 e. The average Bonchev–Trinajstić information content (AvgIpc) is 2.34. The second-order valence-electron chi connectivity index (χ2n) is 5.05. The van der Waals surface area contributed by atoms with E-state index in [9.17, 15) is 9.59 Å². The third-order valence-corrected chi connectivity index (χ3v) is 3.05. The van der Waals surface area contributed by atoms with Gasteiger partial charge in [0.25, 0.3) is 0 Å². The molecule has 0 bridgehead atoms. The molecule has 0 heterocycles. The fourth-order valence-corrected chi connectivity index (χ4v) is 1.92. The predicted octanol–water partition coefficient (Wildman–Crippen LogP) is 2.90. The molecule has 112 valence electrons. The van der Waals surface area contributed by atoms with Crippen LogP contribution >= 0.6 is 0 Å². The molecule has 0 rings (SSSR count). The molecule has 0 aliphatic carbocycles. The highest BCUT2D eigenvalue weighted by atomic mass is 16.4. The molecule has 0 aliphatic rings. The van der Waals surface area contributed by atoms with E-state index in [0.29, 0.717) is 6.42 Å². The van der Waals surface area contributed by atoms with Crippen LogP contribution in [0.25, 0.3) is 0 Å². The van der Waals surface area contributed by atoms with Gasteiger partial charge in [-0.2, -0.15) is 0 Å². The Hall–Kier alpha value is -1.26. The van der Waals surface area contributed by atoms with E-state index in [1.807, 2.05) is 13.8 Å². The maximum atomic E-state index is 11.6. The summed E-state index contributed by atoms with van der Waals surface area (Å²) in [6, 6.07) is -1.10. The molecule has 5 nitrogen and oxygen atoms in total. The van der Waals surface area contributed by atoms with Crippen LogP contribution in [-0.2, 0) is 4.79 Å². The molecule has 2 unspecified atom stereocenters. The molecule has 0 fully saturated rings. The van der Waals surface area contributed by atoms with Crippen LogP contribution in [0.4, 0.5) is 4.79 Å². The number of nitrogens with one attached hydrogen (secondary N) is 2. The van der Waals surface area contributed by atoms with Crippen molar-refractivity contribution >= 4 is 12.0 Å². The number of unbranched alkanes of at least 4 members (excludes halogenated alkanes) is 3. The van der Waals surface area contributed by atoms with Gasteiger partial charge >= 0.3 is 12.0 Å². The number of carboxylic acid groups (broad SMARTS) is 1. The lowest BCUT2D eigenvalue weighted by atomic mass is 10.1.